The first-order chi connectivity index (χ1) is 8.33. The summed E-state index contributed by atoms with van der Waals surface area (Å²) in [6.45, 7) is 2.65. The van der Waals surface area contributed by atoms with Crippen molar-refractivity contribution in [1.82, 2.24) is 0 Å². The monoisotopic (exact) mass is 224 g/mol. The molecule has 0 aromatic heterocycles. The third kappa shape index (κ3) is 1.94. The molecule has 2 nitrogen and oxygen atoms in total. The molecule has 1 aliphatic rings. The van der Waals surface area contributed by atoms with Gasteiger partial charge in [0.05, 0.1) is 5.56 Å². The summed E-state index contributed by atoms with van der Waals surface area (Å²) in [5.41, 5.74) is 3.51. The molecule has 0 N–H and O–H groups in total. The molecule has 0 saturated heterocycles. The highest BCUT2D eigenvalue weighted by Gasteiger charge is 2.18. The van der Waals surface area contributed by atoms with Crippen molar-refractivity contribution in [2.45, 2.75) is 6.92 Å². The molecule has 0 saturated carbocycles. The Morgan fingerprint density at radius 1 is 1.06 bits per heavy atom. The van der Waals surface area contributed by atoms with Crippen LogP contribution in [0.1, 0.15) is 11.1 Å². The highest BCUT2D eigenvalue weighted by Crippen LogP contribution is 2.23. The number of benzene rings is 2. The zero-order chi connectivity index (χ0) is 11.7. The Morgan fingerprint density at radius 2 is 1.88 bits per heavy atom. The van der Waals surface area contributed by atoms with Gasteiger partial charge in [0.25, 0.3) is 6.73 Å². The summed E-state index contributed by atoms with van der Waals surface area (Å²) in [7, 11) is 0. The minimum absolute atomic E-state index is 0.570. The molecule has 0 unspecified atom stereocenters. The largest absolute Gasteiger partial charge is 0.435 e. The van der Waals surface area contributed by atoms with Crippen LogP contribution in [0.3, 0.4) is 0 Å². The van der Waals surface area contributed by atoms with Crippen LogP contribution in [-0.4, -0.2) is 17.5 Å². The molecular weight excluding hydrogens is 210 g/mol. The minimum Gasteiger partial charge on any atom is -0.435 e. The maximum Gasteiger partial charge on any atom is 0.292 e. The van der Waals surface area contributed by atoms with Gasteiger partial charge in [0, 0.05) is 12.1 Å². The van der Waals surface area contributed by atoms with E-state index in [9.17, 15) is 0 Å². The van der Waals surface area contributed by atoms with E-state index in [4.69, 9.17) is 4.74 Å². The Bertz CT molecular complexity index is 573. The Morgan fingerprint density at radius 3 is 2.71 bits per heavy atom. The maximum absolute atomic E-state index is 5.77. The fourth-order valence-corrected chi connectivity index (χ4v) is 1.99. The third-order valence-corrected chi connectivity index (χ3v) is 2.91. The van der Waals surface area contributed by atoms with Gasteiger partial charge >= 0.3 is 0 Å². The van der Waals surface area contributed by atoms with Gasteiger partial charge in [0.2, 0.25) is 5.69 Å². The molecule has 0 bridgehead atoms. The smallest absolute Gasteiger partial charge is 0.292 e. The van der Waals surface area contributed by atoms with Crippen LogP contribution in [0.4, 0.5) is 5.69 Å². The number of hydrogen-bond acceptors (Lipinski definition) is 1. The highest BCUT2D eigenvalue weighted by molar-refractivity contribution is 5.81. The first kappa shape index (κ1) is 10.1. The minimum atomic E-state index is 0.570. The molecule has 2 heteroatoms. The molecule has 0 spiro atoms. The van der Waals surface area contributed by atoms with E-state index in [0.717, 1.165) is 17.0 Å². The molecular formula is C15H14NO+. The molecule has 1 heterocycles. The Labute approximate surface area is 101 Å². The van der Waals surface area contributed by atoms with Crippen molar-refractivity contribution in [3.05, 3.63) is 59.7 Å². The summed E-state index contributed by atoms with van der Waals surface area (Å²) in [6, 6.07) is 16.5. The predicted molar refractivity (Wildman–Crippen MR) is 68.2 cm³/mol. The normalized spacial score (nSPS) is 13.6. The van der Waals surface area contributed by atoms with Gasteiger partial charge < -0.3 is 4.74 Å². The van der Waals surface area contributed by atoms with Gasteiger partial charge in [-0.1, -0.05) is 24.3 Å². The van der Waals surface area contributed by atoms with Gasteiger partial charge in [-0.2, -0.15) is 4.58 Å². The van der Waals surface area contributed by atoms with Crippen molar-refractivity contribution < 1.29 is 9.31 Å². The Hall–Kier alpha value is -2.09. The first-order valence-corrected chi connectivity index (χ1v) is 5.73. The Kier molecular flexibility index (Phi) is 2.41. The van der Waals surface area contributed by atoms with Crippen molar-refractivity contribution in [1.29, 1.82) is 0 Å². The highest BCUT2D eigenvalue weighted by atomic mass is 16.5. The second-order valence-corrected chi connectivity index (χ2v) is 4.25. The van der Waals surface area contributed by atoms with Crippen LogP contribution in [0.25, 0.3) is 0 Å². The average Bonchev–Trinajstić information content (AvgIpc) is 2.39. The van der Waals surface area contributed by atoms with Crippen molar-refractivity contribution in [2.75, 3.05) is 6.73 Å². The summed E-state index contributed by atoms with van der Waals surface area (Å²) >= 11 is 0. The SMILES string of the molecule is Cc1ccc2c(c1)OC[N+](c1ccccc1)=C2. The van der Waals surface area contributed by atoms with Crippen LogP contribution < -0.4 is 4.74 Å². The van der Waals surface area contributed by atoms with Crippen molar-refractivity contribution >= 4 is 11.9 Å². The van der Waals surface area contributed by atoms with Crippen LogP contribution >= 0.6 is 0 Å². The summed E-state index contributed by atoms with van der Waals surface area (Å²) in [5, 5.41) is 0. The molecule has 0 aliphatic carbocycles. The zero-order valence-electron chi connectivity index (χ0n) is 9.76. The number of rotatable bonds is 1. The summed E-state index contributed by atoms with van der Waals surface area (Å²) < 4.78 is 7.87. The lowest BCUT2D eigenvalue weighted by molar-refractivity contribution is -0.476. The average molecular weight is 224 g/mol. The van der Waals surface area contributed by atoms with E-state index in [0.29, 0.717) is 6.73 Å². The van der Waals surface area contributed by atoms with E-state index in [1.54, 1.807) is 0 Å². The van der Waals surface area contributed by atoms with Crippen molar-refractivity contribution in [3.8, 4) is 5.75 Å². The van der Waals surface area contributed by atoms with Crippen molar-refractivity contribution in [2.24, 2.45) is 0 Å². The fraction of sp³-hybridized carbons (Fsp3) is 0.133. The maximum atomic E-state index is 5.77. The molecule has 3 rings (SSSR count). The van der Waals surface area contributed by atoms with E-state index in [-0.39, 0.29) is 0 Å². The fourth-order valence-electron chi connectivity index (χ4n) is 1.99. The number of nitrogens with zero attached hydrogens (tertiary/aromatic N) is 1. The van der Waals surface area contributed by atoms with Gasteiger partial charge in [0.15, 0.2) is 6.21 Å². The molecule has 2 aromatic rings. The van der Waals surface area contributed by atoms with E-state index < -0.39 is 0 Å². The van der Waals surface area contributed by atoms with E-state index in [2.05, 4.69) is 48.0 Å². The molecule has 0 atom stereocenters. The van der Waals surface area contributed by atoms with E-state index in [1.165, 1.54) is 5.56 Å². The molecule has 0 amide bonds. The van der Waals surface area contributed by atoms with Crippen LogP contribution in [0.15, 0.2) is 48.5 Å². The van der Waals surface area contributed by atoms with Gasteiger partial charge in [-0.15, -0.1) is 0 Å². The van der Waals surface area contributed by atoms with Crippen LogP contribution in [0.2, 0.25) is 0 Å². The van der Waals surface area contributed by atoms with Crippen LogP contribution in [-0.2, 0) is 0 Å². The number of hydrogen-bond donors (Lipinski definition) is 0. The number of aryl methyl sites for hydroxylation is 1. The van der Waals surface area contributed by atoms with Crippen LogP contribution in [0.5, 0.6) is 5.75 Å². The van der Waals surface area contributed by atoms with Gasteiger partial charge in [-0.25, -0.2) is 0 Å². The predicted octanol–water partition coefficient (Wildman–Crippen LogP) is 3.11. The number of ether oxygens (including phenoxy) is 1. The first-order valence-electron chi connectivity index (χ1n) is 5.73. The summed E-state index contributed by atoms with van der Waals surface area (Å²) in [4.78, 5) is 0. The molecule has 0 radical (unpaired) electrons. The van der Waals surface area contributed by atoms with E-state index in [1.807, 2.05) is 18.2 Å². The standard InChI is InChI=1S/C15H14NO/c1-12-7-8-13-10-16(11-17-15(13)9-12)14-5-3-2-4-6-14/h2-10H,11H2,1H3/q+1. The van der Waals surface area contributed by atoms with Gasteiger partial charge in [0.1, 0.15) is 5.75 Å². The molecule has 17 heavy (non-hydrogen) atoms. The second kappa shape index (κ2) is 4.06. The quantitative estimate of drug-likeness (QED) is 0.678. The molecule has 1 aliphatic heterocycles. The molecule has 0 fully saturated rings. The topological polar surface area (TPSA) is 12.2 Å². The Balaban J connectivity index is 2.03. The number of para-hydroxylation sites is 1. The molecule has 2 aromatic carbocycles. The van der Waals surface area contributed by atoms with E-state index >= 15 is 0 Å². The van der Waals surface area contributed by atoms with Gasteiger partial charge in [-0.05, 0) is 24.6 Å². The number of fused-ring (bicyclic) bond motifs is 1. The third-order valence-electron chi connectivity index (χ3n) is 2.91. The lowest BCUT2D eigenvalue weighted by atomic mass is 10.1. The summed E-state index contributed by atoms with van der Waals surface area (Å²) in [5.74, 6) is 0.970. The van der Waals surface area contributed by atoms with Crippen molar-refractivity contribution in [3.63, 3.8) is 0 Å². The summed E-state index contributed by atoms with van der Waals surface area (Å²) in [6.07, 6.45) is 2.13. The zero-order valence-corrected chi connectivity index (χ0v) is 9.76. The van der Waals surface area contributed by atoms with Crippen LogP contribution in [0, 0.1) is 6.92 Å². The molecule has 84 valence electrons. The second-order valence-electron chi connectivity index (χ2n) is 4.25. The lowest BCUT2D eigenvalue weighted by Gasteiger charge is -2.13. The van der Waals surface area contributed by atoms with Gasteiger partial charge in [-0.3, -0.25) is 0 Å². The lowest BCUT2D eigenvalue weighted by Crippen LogP contribution is -2.20.